The lowest BCUT2D eigenvalue weighted by Gasteiger charge is -2.34. The number of carbonyl (C=O) groups is 2. The van der Waals surface area contributed by atoms with Crippen LogP contribution in [0, 0.1) is 0 Å². The molecular formula is C16H27NO7. The standard InChI is InChI=1S/C16H27NO7/c1-6-22-14(19)10-7-11(18)13(12(8-10)23-9-21-5)17-15(20)24-16(2,3)4/h8,11-13,18H,6-7,9H2,1-5H3,(H,17,20)/t11-,12+,13+/m0/s1. The highest BCUT2D eigenvalue weighted by Gasteiger charge is 2.37. The molecule has 138 valence electrons. The van der Waals surface area contributed by atoms with Gasteiger partial charge in [0.15, 0.2) is 0 Å². The monoisotopic (exact) mass is 345 g/mol. The minimum atomic E-state index is -1.02. The van der Waals surface area contributed by atoms with E-state index in [0.717, 1.165) is 0 Å². The molecule has 0 aromatic carbocycles. The van der Waals surface area contributed by atoms with Crippen LogP contribution in [-0.2, 0) is 23.7 Å². The molecule has 0 saturated carbocycles. The van der Waals surface area contributed by atoms with Crippen LogP contribution in [0.1, 0.15) is 34.1 Å². The fraction of sp³-hybridized carbons (Fsp3) is 0.750. The maximum absolute atomic E-state index is 12.0. The minimum absolute atomic E-state index is 0.0478. The Morgan fingerprint density at radius 1 is 1.38 bits per heavy atom. The molecule has 1 aliphatic rings. The van der Waals surface area contributed by atoms with Gasteiger partial charge in [-0.05, 0) is 33.8 Å². The summed E-state index contributed by atoms with van der Waals surface area (Å²) in [4.78, 5) is 23.8. The Hall–Kier alpha value is -1.64. The number of carbonyl (C=O) groups excluding carboxylic acids is 2. The lowest BCUT2D eigenvalue weighted by molar-refractivity contribution is -0.140. The van der Waals surface area contributed by atoms with E-state index in [0.29, 0.717) is 5.57 Å². The average Bonchev–Trinajstić information content (AvgIpc) is 2.46. The largest absolute Gasteiger partial charge is 0.463 e. The fourth-order valence-corrected chi connectivity index (χ4v) is 2.24. The van der Waals surface area contributed by atoms with Gasteiger partial charge in [0.1, 0.15) is 18.5 Å². The topological polar surface area (TPSA) is 103 Å². The van der Waals surface area contributed by atoms with Crippen LogP contribution in [0.3, 0.4) is 0 Å². The Bertz CT molecular complexity index is 470. The predicted octanol–water partition coefficient (Wildman–Crippen LogP) is 1.12. The van der Waals surface area contributed by atoms with Gasteiger partial charge in [0.25, 0.3) is 0 Å². The summed E-state index contributed by atoms with van der Waals surface area (Å²) in [7, 11) is 1.45. The molecule has 0 aliphatic heterocycles. The van der Waals surface area contributed by atoms with Gasteiger partial charge in [-0.2, -0.15) is 0 Å². The van der Waals surface area contributed by atoms with Crippen LogP contribution in [0.5, 0.6) is 0 Å². The highest BCUT2D eigenvalue weighted by Crippen LogP contribution is 2.23. The second kappa shape index (κ2) is 9.00. The van der Waals surface area contributed by atoms with Crippen molar-refractivity contribution in [2.45, 2.75) is 58.0 Å². The summed E-state index contributed by atoms with van der Waals surface area (Å²) >= 11 is 0. The molecule has 2 N–H and O–H groups in total. The average molecular weight is 345 g/mol. The lowest BCUT2D eigenvalue weighted by atomic mass is 9.90. The van der Waals surface area contributed by atoms with Crippen LogP contribution in [0.15, 0.2) is 11.6 Å². The van der Waals surface area contributed by atoms with Crippen LogP contribution in [0.4, 0.5) is 4.79 Å². The Labute approximate surface area is 142 Å². The van der Waals surface area contributed by atoms with Gasteiger partial charge in [-0.1, -0.05) is 0 Å². The van der Waals surface area contributed by atoms with E-state index in [2.05, 4.69) is 5.32 Å². The SMILES string of the molecule is CCOC(=O)C1=C[C@@H](OCOC)[C@H](NC(=O)OC(C)(C)C)[C@@H](O)C1. The molecule has 24 heavy (non-hydrogen) atoms. The second-order valence-electron chi connectivity index (χ2n) is 6.39. The van der Waals surface area contributed by atoms with Crippen LogP contribution >= 0.6 is 0 Å². The van der Waals surface area contributed by atoms with Crippen LogP contribution in [-0.4, -0.2) is 61.5 Å². The van der Waals surface area contributed by atoms with E-state index >= 15 is 0 Å². The Balaban J connectivity index is 2.88. The first-order valence-electron chi connectivity index (χ1n) is 7.84. The molecule has 0 bridgehead atoms. The molecule has 0 saturated heterocycles. The van der Waals surface area contributed by atoms with Crippen molar-refractivity contribution in [3.8, 4) is 0 Å². The lowest BCUT2D eigenvalue weighted by Crippen LogP contribution is -2.54. The van der Waals surface area contributed by atoms with E-state index in [4.69, 9.17) is 18.9 Å². The minimum Gasteiger partial charge on any atom is -0.463 e. The normalized spacial score (nSPS) is 24.1. The van der Waals surface area contributed by atoms with Gasteiger partial charge in [0, 0.05) is 19.1 Å². The van der Waals surface area contributed by atoms with Gasteiger partial charge < -0.3 is 29.4 Å². The third-order valence-electron chi connectivity index (χ3n) is 3.16. The van der Waals surface area contributed by atoms with Crippen molar-refractivity contribution in [1.29, 1.82) is 0 Å². The van der Waals surface area contributed by atoms with Gasteiger partial charge in [-0.15, -0.1) is 0 Å². The zero-order chi connectivity index (χ0) is 18.3. The molecule has 0 heterocycles. The summed E-state index contributed by atoms with van der Waals surface area (Å²) in [5.74, 6) is -0.515. The third-order valence-corrected chi connectivity index (χ3v) is 3.16. The van der Waals surface area contributed by atoms with E-state index in [1.807, 2.05) is 0 Å². The van der Waals surface area contributed by atoms with E-state index in [1.165, 1.54) is 13.2 Å². The smallest absolute Gasteiger partial charge is 0.408 e. The zero-order valence-electron chi connectivity index (χ0n) is 14.8. The number of aliphatic hydroxyl groups is 1. The molecule has 0 radical (unpaired) electrons. The number of alkyl carbamates (subject to hydrolysis) is 1. The van der Waals surface area contributed by atoms with Crippen LogP contribution < -0.4 is 5.32 Å². The molecule has 0 spiro atoms. The molecule has 1 rings (SSSR count). The Morgan fingerprint density at radius 3 is 2.58 bits per heavy atom. The highest BCUT2D eigenvalue weighted by atomic mass is 16.7. The van der Waals surface area contributed by atoms with E-state index in [-0.39, 0.29) is 19.8 Å². The third kappa shape index (κ3) is 6.46. The summed E-state index contributed by atoms with van der Waals surface area (Å²) in [6, 6.07) is -0.770. The molecule has 0 aromatic heterocycles. The number of amides is 1. The summed E-state index contributed by atoms with van der Waals surface area (Å²) in [5.41, 5.74) is -0.369. The van der Waals surface area contributed by atoms with Gasteiger partial charge in [0.05, 0.1) is 18.8 Å². The molecule has 1 amide bonds. The van der Waals surface area contributed by atoms with Crippen molar-refractivity contribution in [2.75, 3.05) is 20.5 Å². The summed E-state index contributed by atoms with van der Waals surface area (Å²) in [6.45, 7) is 7.08. The van der Waals surface area contributed by atoms with Crippen molar-refractivity contribution in [2.24, 2.45) is 0 Å². The quantitative estimate of drug-likeness (QED) is 0.549. The van der Waals surface area contributed by atoms with Crippen LogP contribution in [0.2, 0.25) is 0 Å². The Kier molecular flexibility index (Phi) is 7.65. The van der Waals surface area contributed by atoms with E-state index < -0.39 is 35.9 Å². The van der Waals surface area contributed by atoms with Gasteiger partial charge in [-0.25, -0.2) is 9.59 Å². The number of esters is 1. The molecule has 0 aromatic rings. The number of methoxy groups -OCH3 is 1. The molecule has 1 aliphatic carbocycles. The van der Waals surface area contributed by atoms with Gasteiger partial charge in [0.2, 0.25) is 0 Å². The molecule has 8 nitrogen and oxygen atoms in total. The number of aliphatic hydroxyl groups excluding tert-OH is 1. The van der Waals surface area contributed by atoms with E-state index in [9.17, 15) is 14.7 Å². The predicted molar refractivity (Wildman–Crippen MR) is 85.2 cm³/mol. The number of hydrogen-bond donors (Lipinski definition) is 2. The summed E-state index contributed by atoms with van der Waals surface area (Å²) in [6.07, 6.45) is -0.868. The number of ether oxygens (including phenoxy) is 4. The first-order chi connectivity index (χ1) is 11.2. The maximum atomic E-state index is 12.0. The molecule has 3 atom stereocenters. The number of rotatable bonds is 6. The molecule has 8 heteroatoms. The maximum Gasteiger partial charge on any atom is 0.408 e. The van der Waals surface area contributed by atoms with Gasteiger partial charge >= 0.3 is 12.1 Å². The molecule has 0 unspecified atom stereocenters. The first kappa shape index (κ1) is 20.4. The fourth-order valence-electron chi connectivity index (χ4n) is 2.24. The summed E-state index contributed by atoms with van der Waals surface area (Å²) < 4.78 is 20.5. The molecule has 0 fully saturated rings. The second-order valence-corrected chi connectivity index (χ2v) is 6.39. The van der Waals surface area contributed by atoms with Crippen molar-refractivity contribution in [1.82, 2.24) is 5.32 Å². The van der Waals surface area contributed by atoms with Crippen molar-refractivity contribution in [3.63, 3.8) is 0 Å². The van der Waals surface area contributed by atoms with Crippen LogP contribution in [0.25, 0.3) is 0 Å². The van der Waals surface area contributed by atoms with E-state index in [1.54, 1.807) is 27.7 Å². The first-order valence-corrected chi connectivity index (χ1v) is 7.84. The highest BCUT2D eigenvalue weighted by molar-refractivity contribution is 5.89. The number of hydrogen-bond acceptors (Lipinski definition) is 7. The number of nitrogens with one attached hydrogen (secondary N) is 1. The van der Waals surface area contributed by atoms with Crippen molar-refractivity contribution >= 4 is 12.1 Å². The van der Waals surface area contributed by atoms with Crippen molar-refractivity contribution < 1.29 is 33.6 Å². The van der Waals surface area contributed by atoms with Crippen molar-refractivity contribution in [3.05, 3.63) is 11.6 Å². The molecular weight excluding hydrogens is 318 g/mol. The Morgan fingerprint density at radius 2 is 2.04 bits per heavy atom. The zero-order valence-corrected chi connectivity index (χ0v) is 14.8. The van der Waals surface area contributed by atoms with Gasteiger partial charge in [-0.3, -0.25) is 0 Å². The summed E-state index contributed by atoms with van der Waals surface area (Å²) in [5, 5.41) is 12.9.